The van der Waals surface area contributed by atoms with Gasteiger partial charge in [-0.15, -0.1) is 0 Å². The monoisotopic (exact) mass is 343 g/mol. The smallest absolute Gasteiger partial charge is 0.303 e. The molecular formula is C19H21NO5. The van der Waals surface area contributed by atoms with E-state index in [0.717, 1.165) is 12.0 Å². The summed E-state index contributed by atoms with van der Waals surface area (Å²) in [5.41, 5.74) is 1.61. The fourth-order valence-corrected chi connectivity index (χ4v) is 2.39. The molecule has 6 nitrogen and oxygen atoms in total. The molecule has 0 saturated heterocycles. The van der Waals surface area contributed by atoms with Crippen LogP contribution < -0.4 is 10.7 Å². The summed E-state index contributed by atoms with van der Waals surface area (Å²) in [6.45, 7) is 2.36. The van der Waals surface area contributed by atoms with E-state index in [-0.39, 0.29) is 17.8 Å². The van der Waals surface area contributed by atoms with Crippen molar-refractivity contribution in [2.75, 3.05) is 6.54 Å². The molecule has 0 radical (unpaired) electrons. The Morgan fingerprint density at radius 1 is 1.24 bits per heavy atom. The maximum atomic E-state index is 12.4. The fourth-order valence-electron chi connectivity index (χ4n) is 2.39. The number of nitrogens with one attached hydrogen (secondary N) is 1. The Labute approximate surface area is 145 Å². The van der Waals surface area contributed by atoms with Gasteiger partial charge >= 0.3 is 5.97 Å². The Morgan fingerprint density at radius 3 is 2.80 bits per heavy atom. The van der Waals surface area contributed by atoms with Gasteiger partial charge in [0.2, 0.25) is 5.91 Å². The second-order valence-electron chi connectivity index (χ2n) is 5.85. The number of aliphatic carboxylic acids is 1. The summed E-state index contributed by atoms with van der Waals surface area (Å²) in [6, 6.07) is 5.37. The third kappa shape index (κ3) is 5.60. The van der Waals surface area contributed by atoms with Crippen LogP contribution in [0, 0.1) is 6.92 Å². The first-order valence-corrected chi connectivity index (χ1v) is 8.17. The molecule has 0 unspecified atom stereocenters. The van der Waals surface area contributed by atoms with Crippen molar-refractivity contribution in [3.05, 3.63) is 51.9 Å². The van der Waals surface area contributed by atoms with Crippen molar-refractivity contribution in [2.24, 2.45) is 0 Å². The van der Waals surface area contributed by atoms with Crippen LogP contribution in [-0.2, 0) is 9.59 Å². The average molecular weight is 343 g/mol. The number of hydrogen-bond acceptors (Lipinski definition) is 4. The van der Waals surface area contributed by atoms with Crippen LogP contribution in [0.15, 0.2) is 39.7 Å². The first-order valence-electron chi connectivity index (χ1n) is 8.17. The van der Waals surface area contributed by atoms with Gasteiger partial charge in [0.15, 0.2) is 5.43 Å². The molecule has 2 N–H and O–H groups in total. The van der Waals surface area contributed by atoms with Crippen LogP contribution in [0.25, 0.3) is 17.0 Å². The highest BCUT2D eigenvalue weighted by molar-refractivity contribution is 5.92. The van der Waals surface area contributed by atoms with Crippen LogP contribution in [0.2, 0.25) is 0 Å². The summed E-state index contributed by atoms with van der Waals surface area (Å²) >= 11 is 0. The molecule has 1 heterocycles. The molecule has 0 spiro atoms. The van der Waals surface area contributed by atoms with E-state index < -0.39 is 5.97 Å². The molecule has 0 fully saturated rings. The number of unbranched alkanes of at least 4 members (excludes halogenated alkanes) is 2. The lowest BCUT2D eigenvalue weighted by Crippen LogP contribution is -2.22. The van der Waals surface area contributed by atoms with Crippen molar-refractivity contribution in [1.29, 1.82) is 0 Å². The van der Waals surface area contributed by atoms with Gasteiger partial charge in [-0.3, -0.25) is 14.4 Å². The zero-order chi connectivity index (χ0) is 18.2. The lowest BCUT2D eigenvalue weighted by atomic mass is 10.1. The van der Waals surface area contributed by atoms with Gasteiger partial charge in [0.1, 0.15) is 11.8 Å². The molecule has 1 aromatic heterocycles. The minimum absolute atomic E-state index is 0.144. The highest BCUT2D eigenvalue weighted by atomic mass is 16.4. The van der Waals surface area contributed by atoms with Crippen LogP contribution in [0.4, 0.5) is 0 Å². The van der Waals surface area contributed by atoms with Gasteiger partial charge in [-0.1, -0.05) is 18.1 Å². The van der Waals surface area contributed by atoms with Crippen molar-refractivity contribution >= 4 is 28.9 Å². The molecule has 2 rings (SSSR count). The van der Waals surface area contributed by atoms with Gasteiger partial charge in [-0.2, -0.15) is 0 Å². The average Bonchev–Trinajstić information content (AvgIpc) is 2.57. The van der Waals surface area contributed by atoms with E-state index >= 15 is 0 Å². The van der Waals surface area contributed by atoms with Gasteiger partial charge in [0, 0.05) is 19.0 Å². The van der Waals surface area contributed by atoms with Crippen molar-refractivity contribution in [2.45, 2.75) is 32.6 Å². The molecule has 1 aromatic carbocycles. The number of carbonyl (C=O) groups is 2. The molecule has 0 aliphatic carbocycles. The molecular weight excluding hydrogens is 322 g/mol. The molecule has 1 amide bonds. The lowest BCUT2D eigenvalue weighted by Gasteiger charge is -2.02. The van der Waals surface area contributed by atoms with Crippen molar-refractivity contribution in [1.82, 2.24) is 5.32 Å². The van der Waals surface area contributed by atoms with Crippen LogP contribution in [-0.4, -0.2) is 23.5 Å². The zero-order valence-corrected chi connectivity index (χ0v) is 14.1. The fraction of sp³-hybridized carbons (Fsp3) is 0.316. The Bertz CT molecular complexity index is 851. The second-order valence-corrected chi connectivity index (χ2v) is 5.85. The van der Waals surface area contributed by atoms with Crippen molar-refractivity contribution in [3.8, 4) is 0 Å². The van der Waals surface area contributed by atoms with Gasteiger partial charge in [-0.05, 0) is 38.0 Å². The summed E-state index contributed by atoms with van der Waals surface area (Å²) in [7, 11) is 0. The molecule has 0 aliphatic heterocycles. The predicted octanol–water partition coefficient (Wildman–Crippen LogP) is 2.88. The third-order valence-electron chi connectivity index (χ3n) is 3.74. The van der Waals surface area contributed by atoms with E-state index in [9.17, 15) is 14.4 Å². The first-order chi connectivity index (χ1) is 12.0. The molecule has 0 atom stereocenters. The quantitative estimate of drug-likeness (QED) is 0.567. The van der Waals surface area contributed by atoms with Crippen LogP contribution >= 0.6 is 0 Å². The molecule has 6 heteroatoms. The van der Waals surface area contributed by atoms with Crippen LogP contribution in [0.3, 0.4) is 0 Å². The van der Waals surface area contributed by atoms with Gasteiger partial charge in [0.25, 0.3) is 0 Å². The number of rotatable bonds is 8. The topological polar surface area (TPSA) is 96.6 Å². The summed E-state index contributed by atoms with van der Waals surface area (Å²) in [5, 5.41) is 11.7. The number of carboxylic acids is 1. The normalized spacial score (nSPS) is 11.1. The Kier molecular flexibility index (Phi) is 6.51. The molecule has 132 valence electrons. The van der Waals surface area contributed by atoms with E-state index in [2.05, 4.69) is 5.32 Å². The number of carboxylic acid groups (broad SMARTS) is 1. The number of hydrogen-bond donors (Lipinski definition) is 2. The number of amides is 1. The summed E-state index contributed by atoms with van der Waals surface area (Å²) in [4.78, 5) is 34.5. The van der Waals surface area contributed by atoms with Gasteiger partial charge in [0.05, 0.1) is 10.9 Å². The number of aryl methyl sites for hydroxylation is 1. The van der Waals surface area contributed by atoms with E-state index in [1.807, 2.05) is 13.0 Å². The highest BCUT2D eigenvalue weighted by Crippen LogP contribution is 2.13. The Balaban J connectivity index is 1.90. The predicted molar refractivity (Wildman–Crippen MR) is 95.4 cm³/mol. The van der Waals surface area contributed by atoms with E-state index in [4.69, 9.17) is 9.52 Å². The first kappa shape index (κ1) is 18.4. The molecule has 0 saturated carbocycles. The van der Waals surface area contributed by atoms with Crippen molar-refractivity contribution in [3.63, 3.8) is 0 Å². The van der Waals surface area contributed by atoms with Gasteiger partial charge < -0.3 is 14.8 Å². The third-order valence-corrected chi connectivity index (χ3v) is 3.74. The standard InChI is InChI=1S/C19H21NO5/c1-13-6-8-16-15(11-13)19(24)14(12-25-16)7-9-17(21)20-10-4-2-3-5-18(22)23/h6-9,11-12H,2-5,10H2,1H3,(H,20,21)(H,22,23)/b9-7+. The highest BCUT2D eigenvalue weighted by Gasteiger charge is 2.05. The molecule has 0 aliphatic rings. The van der Waals surface area contributed by atoms with Gasteiger partial charge in [-0.25, -0.2) is 0 Å². The van der Waals surface area contributed by atoms with E-state index in [1.165, 1.54) is 18.4 Å². The minimum Gasteiger partial charge on any atom is -0.481 e. The summed E-state index contributed by atoms with van der Waals surface area (Å²) in [5.74, 6) is -1.11. The summed E-state index contributed by atoms with van der Waals surface area (Å²) < 4.78 is 5.42. The van der Waals surface area contributed by atoms with Crippen LogP contribution in [0.5, 0.6) is 0 Å². The van der Waals surface area contributed by atoms with E-state index in [1.54, 1.807) is 12.1 Å². The SMILES string of the molecule is Cc1ccc2occ(/C=C/C(=O)NCCCCCC(=O)O)c(=O)c2c1. The Morgan fingerprint density at radius 2 is 2.04 bits per heavy atom. The molecule has 2 aromatic rings. The second kappa shape index (κ2) is 8.82. The zero-order valence-electron chi connectivity index (χ0n) is 14.1. The maximum absolute atomic E-state index is 12.4. The number of carbonyl (C=O) groups excluding carboxylic acids is 1. The van der Waals surface area contributed by atoms with E-state index in [0.29, 0.717) is 35.9 Å². The largest absolute Gasteiger partial charge is 0.481 e. The maximum Gasteiger partial charge on any atom is 0.303 e. The lowest BCUT2D eigenvalue weighted by molar-refractivity contribution is -0.137. The number of fused-ring (bicyclic) bond motifs is 1. The Hall–Kier alpha value is -2.89. The molecule has 0 bridgehead atoms. The van der Waals surface area contributed by atoms with Crippen LogP contribution in [0.1, 0.15) is 36.8 Å². The minimum atomic E-state index is -0.809. The summed E-state index contributed by atoms with van der Waals surface area (Å²) in [6.07, 6.45) is 6.27. The van der Waals surface area contributed by atoms with Crippen molar-refractivity contribution < 1.29 is 19.1 Å². The number of benzene rings is 1. The molecule has 25 heavy (non-hydrogen) atoms.